The molecule has 2 heterocycles. The lowest BCUT2D eigenvalue weighted by Crippen LogP contribution is -2.48. The number of rotatable bonds is 6. The Balaban J connectivity index is 1.40. The number of piperazine rings is 1. The first kappa shape index (κ1) is 14.8. The summed E-state index contributed by atoms with van der Waals surface area (Å²) in [4.78, 5) is 7.91. The Kier molecular flexibility index (Phi) is 5.32. The summed E-state index contributed by atoms with van der Waals surface area (Å²) in [6, 6.07) is 0.921. The largest absolute Gasteiger partial charge is 0.316 e. The third-order valence-corrected chi connectivity index (χ3v) is 5.25. The molecule has 4 nitrogen and oxygen atoms in total. The Labute approximate surface area is 124 Å². The van der Waals surface area contributed by atoms with E-state index >= 15 is 0 Å². The second-order valence-electron chi connectivity index (χ2n) is 7.08. The van der Waals surface area contributed by atoms with Gasteiger partial charge >= 0.3 is 0 Å². The average Bonchev–Trinajstić information content (AvgIpc) is 3.31. The van der Waals surface area contributed by atoms with Gasteiger partial charge in [0.25, 0.3) is 0 Å². The Hall–Kier alpha value is -0.160. The second-order valence-corrected chi connectivity index (χ2v) is 7.08. The molecular weight excluding hydrogens is 248 g/mol. The van der Waals surface area contributed by atoms with Crippen LogP contribution in [0.5, 0.6) is 0 Å². The molecule has 1 aliphatic carbocycles. The van der Waals surface area contributed by atoms with Crippen molar-refractivity contribution in [3.63, 3.8) is 0 Å². The highest BCUT2D eigenvalue weighted by Crippen LogP contribution is 2.28. The zero-order valence-electron chi connectivity index (χ0n) is 13.2. The van der Waals surface area contributed by atoms with Crippen LogP contribution >= 0.6 is 0 Å². The molecule has 0 spiro atoms. The number of hydrogen-bond donors (Lipinski definition) is 1. The SMILES string of the molecule is CN1CCN(CCN(CC2CCCNC2)C2CC2)CC1. The van der Waals surface area contributed by atoms with E-state index in [2.05, 4.69) is 27.1 Å². The molecule has 3 aliphatic rings. The van der Waals surface area contributed by atoms with Gasteiger partial charge in [0.1, 0.15) is 0 Å². The first-order valence-electron chi connectivity index (χ1n) is 8.67. The molecule has 0 aromatic carbocycles. The molecule has 4 heteroatoms. The summed E-state index contributed by atoms with van der Waals surface area (Å²) in [6.45, 7) is 11.4. The Bertz CT molecular complexity index is 278. The maximum Gasteiger partial charge on any atom is 0.0112 e. The van der Waals surface area contributed by atoms with E-state index < -0.39 is 0 Å². The molecule has 0 aromatic heterocycles. The van der Waals surface area contributed by atoms with E-state index in [1.165, 1.54) is 84.6 Å². The van der Waals surface area contributed by atoms with E-state index in [0.717, 1.165) is 12.0 Å². The first-order chi connectivity index (χ1) is 9.81. The zero-order chi connectivity index (χ0) is 13.8. The molecule has 1 atom stereocenters. The van der Waals surface area contributed by atoms with Gasteiger partial charge in [0.05, 0.1) is 0 Å². The number of piperidine rings is 1. The fraction of sp³-hybridized carbons (Fsp3) is 1.00. The van der Waals surface area contributed by atoms with E-state index in [-0.39, 0.29) is 0 Å². The fourth-order valence-corrected chi connectivity index (χ4v) is 3.62. The van der Waals surface area contributed by atoms with Gasteiger partial charge in [-0.05, 0) is 51.7 Å². The van der Waals surface area contributed by atoms with E-state index in [1.807, 2.05) is 0 Å². The topological polar surface area (TPSA) is 21.8 Å². The lowest BCUT2D eigenvalue weighted by molar-refractivity contribution is 0.124. The summed E-state index contributed by atoms with van der Waals surface area (Å²) in [6.07, 6.45) is 5.71. The van der Waals surface area contributed by atoms with E-state index in [9.17, 15) is 0 Å². The highest BCUT2D eigenvalue weighted by molar-refractivity contribution is 4.87. The molecule has 3 fully saturated rings. The number of nitrogens with one attached hydrogen (secondary N) is 1. The van der Waals surface area contributed by atoms with Crippen molar-refractivity contribution in [3.8, 4) is 0 Å². The van der Waals surface area contributed by atoms with E-state index in [0.29, 0.717) is 0 Å². The standard InChI is InChI=1S/C16H32N4/c1-18-7-9-19(10-8-18)11-12-20(16-4-5-16)14-15-3-2-6-17-13-15/h15-17H,2-14H2,1H3. The third kappa shape index (κ3) is 4.42. The zero-order valence-corrected chi connectivity index (χ0v) is 13.2. The van der Waals surface area contributed by atoms with Gasteiger partial charge in [-0.25, -0.2) is 0 Å². The van der Waals surface area contributed by atoms with Gasteiger partial charge in [-0.2, -0.15) is 0 Å². The van der Waals surface area contributed by atoms with Gasteiger partial charge in [-0.15, -0.1) is 0 Å². The van der Waals surface area contributed by atoms with Gasteiger partial charge in [0.15, 0.2) is 0 Å². The predicted molar refractivity (Wildman–Crippen MR) is 84.1 cm³/mol. The number of likely N-dealkylation sites (N-methyl/N-ethyl adjacent to an activating group) is 1. The van der Waals surface area contributed by atoms with Gasteiger partial charge in [0, 0.05) is 51.9 Å². The van der Waals surface area contributed by atoms with Crippen LogP contribution in [0.15, 0.2) is 0 Å². The number of nitrogens with zero attached hydrogens (tertiary/aromatic N) is 3. The molecule has 1 N–H and O–H groups in total. The van der Waals surface area contributed by atoms with Gasteiger partial charge in [-0.1, -0.05) is 0 Å². The molecule has 2 saturated heterocycles. The Morgan fingerprint density at radius 3 is 2.55 bits per heavy atom. The van der Waals surface area contributed by atoms with Crippen LogP contribution in [-0.4, -0.2) is 86.7 Å². The molecule has 0 amide bonds. The molecule has 3 rings (SSSR count). The van der Waals surface area contributed by atoms with Crippen LogP contribution in [0.2, 0.25) is 0 Å². The summed E-state index contributed by atoms with van der Waals surface area (Å²) in [7, 11) is 2.24. The molecule has 1 unspecified atom stereocenters. The first-order valence-corrected chi connectivity index (χ1v) is 8.67. The van der Waals surface area contributed by atoms with Gasteiger partial charge in [-0.3, -0.25) is 9.80 Å². The summed E-state index contributed by atoms with van der Waals surface area (Å²) in [5.74, 6) is 0.900. The predicted octanol–water partition coefficient (Wildman–Crippen LogP) is 0.698. The summed E-state index contributed by atoms with van der Waals surface area (Å²) in [5, 5.41) is 3.57. The molecule has 116 valence electrons. The second kappa shape index (κ2) is 7.21. The lowest BCUT2D eigenvalue weighted by atomic mass is 9.99. The van der Waals surface area contributed by atoms with Crippen LogP contribution in [0.1, 0.15) is 25.7 Å². The van der Waals surface area contributed by atoms with Crippen LogP contribution in [-0.2, 0) is 0 Å². The van der Waals surface area contributed by atoms with E-state index in [4.69, 9.17) is 0 Å². The minimum absolute atomic E-state index is 0.900. The van der Waals surface area contributed by atoms with Crippen molar-refractivity contribution < 1.29 is 0 Å². The molecule has 0 radical (unpaired) electrons. The van der Waals surface area contributed by atoms with Crippen LogP contribution in [0.4, 0.5) is 0 Å². The molecule has 1 saturated carbocycles. The van der Waals surface area contributed by atoms with Crippen LogP contribution in [0.3, 0.4) is 0 Å². The van der Waals surface area contributed by atoms with Crippen molar-refractivity contribution in [1.29, 1.82) is 0 Å². The highest BCUT2D eigenvalue weighted by atomic mass is 15.3. The quantitative estimate of drug-likeness (QED) is 0.773. The summed E-state index contributed by atoms with van der Waals surface area (Å²) in [5.41, 5.74) is 0. The van der Waals surface area contributed by atoms with Crippen molar-refractivity contribution in [3.05, 3.63) is 0 Å². The fourth-order valence-electron chi connectivity index (χ4n) is 3.62. The van der Waals surface area contributed by atoms with Crippen LogP contribution < -0.4 is 5.32 Å². The van der Waals surface area contributed by atoms with E-state index in [1.54, 1.807) is 0 Å². The molecule has 20 heavy (non-hydrogen) atoms. The van der Waals surface area contributed by atoms with Crippen molar-refractivity contribution in [2.45, 2.75) is 31.7 Å². The van der Waals surface area contributed by atoms with Crippen molar-refractivity contribution in [2.24, 2.45) is 5.92 Å². The monoisotopic (exact) mass is 280 g/mol. The van der Waals surface area contributed by atoms with Crippen molar-refractivity contribution >= 4 is 0 Å². The number of hydrogen-bond acceptors (Lipinski definition) is 4. The van der Waals surface area contributed by atoms with Crippen molar-refractivity contribution in [1.82, 2.24) is 20.0 Å². The van der Waals surface area contributed by atoms with Crippen LogP contribution in [0.25, 0.3) is 0 Å². The smallest absolute Gasteiger partial charge is 0.0112 e. The Morgan fingerprint density at radius 2 is 1.90 bits per heavy atom. The van der Waals surface area contributed by atoms with Crippen LogP contribution in [0, 0.1) is 5.92 Å². The maximum absolute atomic E-state index is 3.57. The lowest BCUT2D eigenvalue weighted by Gasteiger charge is -2.35. The third-order valence-electron chi connectivity index (χ3n) is 5.25. The van der Waals surface area contributed by atoms with Gasteiger partial charge < -0.3 is 10.2 Å². The normalized spacial score (nSPS) is 30.0. The van der Waals surface area contributed by atoms with Gasteiger partial charge in [0.2, 0.25) is 0 Å². The Morgan fingerprint density at radius 1 is 1.10 bits per heavy atom. The molecule has 0 aromatic rings. The average molecular weight is 280 g/mol. The molecule has 2 aliphatic heterocycles. The molecule has 0 bridgehead atoms. The minimum atomic E-state index is 0.900. The summed E-state index contributed by atoms with van der Waals surface area (Å²) >= 11 is 0. The summed E-state index contributed by atoms with van der Waals surface area (Å²) < 4.78 is 0. The minimum Gasteiger partial charge on any atom is -0.316 e. The highest BCUT2D eigenvalue weighted by Gasteiger charge is 2.31. The molecular formula is C16H32N4. The van der Waals surface area contributed by atoms with Crippen molar-refractivity contribution in [2.75, 3.05) is 66.0 Å². The maximum atomic E-state index is 3.57.